The van der Waals surface area contributed by atoms with Gasteiger partial charge in [0.15, 0.2) is 0 Å². The van der Waals surface area contributed by atoms with Crippen LogP contribution in [0.25, 0.3) is 5.65 Å². The summed E-state index contributed by atoms with van der Waals surface area (Å²) in [6, 6.07) is 3.84. The minimum Gasteiger partial charge on any atom is -0.478 e. The molecule has 18 heavy (non-hydrogen) atoms. The molecule has 2 aromatic heterocycles. The Balaban J connectivity index is 1.87. The zero-order chi connectivity index (χ0) is 12.5. The third-order valence-electron chi connectivity index (χ3n) is 3.37. The quantitative estimate of drug-likeness (QED) is 0.856. The van der Waals surface area contributed by atoms with Gasteiger partial charge in [-0.3, -0.25) is 0 Å². The van der Waals surface area contributed by atoms with Crippen LogP contribution < -0.4 is 5.32 Å². The largest absolute Gasteiger partial charge is 0.478 e. The highest BCUT2D eigenvalue weighted by Crippen LogP contribution is 2.13. The van der Waals surface area contributed by atoms with Gasteiger partial charge >= 0.3 is 5.97 Å². The predicted octanol–water partition coefficient (Wildman–Crippen LogP) is 1.33. The van der Waals surface area contributed by atoms with Gasteiger partial charge < -0.3 is 14.8 Å². The highest BCUT2D eigenvalue weighted by molar-refractivity contribution is 5.87. The molecular formula is C13H15N3O2. The molecule has 1 unspecified atom stereocenters. The maximum absolute atomic E-state index is 10.9. The number of nitrogens with zero attached hydrogens (tertiary/aromatic N) is 2. The van der Waals surface area contributed by atoms with Gasteiger partial charge in [-0.2, -0.15) is 0 Å². The first-order valence-corrected chi connectivity index (χ1v) is 6.17. The van der Waals surface area contributed by atoms with Crippen molar-refractivity contribution in [3.63, 3.8) is 0 Å². The van der Waals surface area contributed by atoms with Crippen LogP contribution in [0, 0.1) is 0 Å². The van der Waals surface area contributed by atoms with Crippen LogP contribution >= 0.6 is 0 Å². The van der Waals surface area contributed by atoms with E-state index in [0.717, 1.165) is 24.3 Å². The van der Waals surface area contributed by atoms with Gasteiger partial charge in [0, 0.05) is 24.9 Å². The van der Waals surface area contributed by atoms with E-state index in [9.17, 15) is 4.79 Å². The molecule has 1 aliphatic heterocycles. The summed E-state index contributed by atoms with van der Waals surface area (Å²) in [5.41, 5.74) is 2.09. The minimum atomic E-state index is -0.912. The van der Waals surface area contributed by atoms with E-state index in [-0.39, 0.29) is 5.56 Å². The zero-order valence-corrected chi connectivity index (χ0v) is 9.97. The first kappa shape index (κ1) is 11.2. The second-order valence-electron chi connectivity index (χ2n) is 4.72. The lowest BCUT2D eigenvalue weighted by Gasteiger charge is -2.06. The van der Waals surface area contributed by atoms with Gasteiger partial charge in [0.2, 0.25) is 0 Å². The van der Waals surface area contributed by atoms with Crippen molar-refractivity contribution < 1.29 is 9.90 Å². The van der Waals surface area contributed by atoms with Crippen LogP contribution in [0.2, 0.25) is 0 Å². The highest BCUT2D eigenvalue weighted by Gasteiger charge is 2.16. The van der Waals surface area contributed by atoms with E-state index in [4.69, 9.17) is 5.11 Å². The Labute approximate surface area is 104 Å². The van der Waals surface area contributed by atoms with E-state index >= 15 is 0 Å². The molecule has 1 fully saturated rings. The van der Waals surface area contributed by atoms with Crippen molar-refractivity contribution in [1.82, 2.24) is 14.7 Å². The molecule has 0 amide bonds. The van der Waals surface area contributed by atoms with Crippen LogP contribution in [0.15, 0.2) is 24.5 Å². The molecule has 3 rings (SSSR count). The molecule has 94 valence electrons. The van der Waals surface area contributed by atoms with Crippen molar-refractivity contribution >= 4 is 11.6 Å². The number of aromatic carboxylic acids is 1. The highest BCUT2D eigenvalue weighted by atomic mass is 16.4. The van der Waals surface area contributed by atoms with Crippen LogP contribution in [-0.4, -0.2) is 33.0 Å². The van der Waals surface area contributed by atoms with Gasteiger partial charge in [-0.25, -0.2) is 9.78 Å². The zero-order valence-electron chi connectivity index (χ0n) is 9.97. The van der Waals surface area contributed by atoms with Crippen LogP contribution in [0.4, 0.5) is 0 Å². The van der Waals surface area contributed by atoms with E-state index in [1.807, 2.05) is 6.20 Å². The van der Waals surface area contributed by atoms with Crippen LogP contribution in [0.3, 0.4) is 0 Å². The lowest BCUT2D eigenvalue weighted by molar-refractivity contribution is 0.0696. The molecule has 2 aromatic rings. The van der Waals surface area contributed by atoms with E-state index in [0.29, 0.717) is 6.04 Å². The molecule has 3 heterocycles. The summed E-state index contributed by atoms with van der Waals surface area (Å²) in [7, 11) is 0. The van der Waals surface area contributed by atoms with E-state index in [1.165, 1.54) is 12.8 Å². The Morgan fingerprint density at radius 3 is 3.11 bits per heavy atom. The van der Waals surface area contributed by atoms with E-state index < -0.39 is 5.97 Å². The number of carboxylic acid groups (broad SMARTS) is 1. The number of nitrogens with one attached hydrogen (secondary N) is 1. The molecule has 0 saturated carbocycles. The summed E-state index contributed by atoms with van der Waals surface area (Å²) in [4.78, 5) is 15.4. The standard InChI is InChI=1S/C13H15N3O2/c17-13(18)9-3-4-12-15-11(8-16(12)7-9)6-10-2-1-5-14-10/h3-4,7-8,10,14H,1-2,5-6H2,(H,17,18). The van der Waals surface area contributed by atoms with E-state index in [2.05, 4.69) is 10.3 Å². The van der Waals surface area contributed by atoms with Crippen LogP contribution in [0.5, 0.6) is 0 Å². The monoisotopic (exact) mass is 245 g/mol. The number of imidazole rings is 1. The summed E-state index contributed by atoms with van der Waals surface area (Å²) >= 11 is 0. The fourth-order valence-electron chi connectivity index (χ4n) is 2.45. The second-order valence-corrected chi connectivity index (χ2v) is 4.72. The predicted molar refractivity (Wildman–Crippen MR) is 66.9 cm³/mol. The molecule has 0 spiro atoms. The average molecular weight is 245 g/mol. The molecule has 1 atom stereocenters. The molecule has 0 aliphatic carbocycles. The molecule has 1 aliphatic rings. The number of carboxylic acids is 1. The maximum Gasteiger partial charge on any atom is 0.337 e. The van der Waals surface area contributed by atoms with Crippen LogP contribution in [-0.2, 0) is 6.42 Å². The van der Waals surface area contributed by atoms with Crippen molar-refractivity contribution in [1.29, 1.82) is 0 Å². The van der Waals surface area contributed by atoms with Crippen molar-refractivity contribution in [3.05, 3.63) is 35.8 Å². The van der Waals surface area contributed by atoms with Crippen molar-refractivity contribution in [2.75, 3.05) is 6.54 Å². The minimum absolute atomic E-state index is 0.283. The molecule has 5 nitrogen and oxygen atoms in total. The fourth-order valence-corrected chi connectivity index (χ4v) is 2.45. The first-order valence-electron chi connectivity index (χ1n) is 6.17. The van der Waals surface area contributed by atoms with Gasteiger partial charge in [0.1, 0.15) is 5.65 Å². The van der Waals surface area contributed by atoms with Gasteiger partial charge in [-0.1, -0.05) is 0 Å². The Morgan fingerprint density at radius 2 is 2.39 bits per heavy atom. The number of aromatic nitrogens is 2. The van der Waals surface area contributed by atoms with Gasteiger partial charge in [-0.05, 0) is 31.5 Å². The average Bonchev–Trinajstić information content (AvgIpc) is 2.96. The summed E-state index contributed by atoms with van der Waals surface area (Å²) in [6.07, 6.45) is 6.84. The molecule has 1 saturated heterocycles. The number of hydrogen-bond acceptors (Lipinski definition) is 3. The smallest absolute Gasteiger partial charge is 0.337 e. The number of fused-ring (bicyclic) bond motifs is 1. The van der Waals surface area contributed by atoms with Gasteiger partial charge in [0.25, 0.3) is 0 Å². The second kappa shape index (κ2) is 4.42. The van der Waals surface area contributed by atoms with Crippen molar-refractivity contribution in [2.45, 2.75) is 25.3 Å². The number of rotatable bonds is 3. The van der Waals surface area contributed by atoms with Gasteiger partial charge in [-0.15, -0.1) is 0 Å². The Kier molecular flexibility index (Phi) is 2.76. The summed E-state index contributed by atoms with van der Waals surface area (Å²) in [5.74, 6) is -0.912. The summed E-state index contributed by atoms with van der Waals surface area (Å²) in [5, 5.41) is 12.4. The topological polar surface area (TPSA) is 66.6 Å². The molecule has 2 N–H and O–H groups in total. The normalized spacial score (nSPS) is 19.4. The first-order chi connectivity index (χ1) is 8.72. The van der Waals surface area contributed by atoms with Crippen molar-refractivity contribution in [2.24, 2.45) is 0 Å². The lowest BCUT2D eigenvalue weighted by atomic mass is 10.1. The number of hydrogen-bond donors (Lipinski definition) is 2. The lowest BCUT2D eigenvalue weighted by Crippen LogP contribution is -2.23. The van der Waals surface area contributed by atoms with Gasteiger partial charge in [0.05, 0.1) is 11.3 Å². The summed E-state index contributed by atoms with van der Waals surface area (Å²) < 4.78 is 1.79. The molecular weight excluding hydrogens is 230 g/mol. The third kappa shape index (κ3) is 2.09. The maximum atomic E-state index is 10.9. The fraction of sp³-hybridized carbons (Fsp3) is 0.385. The molecule has 0 aromatic carbocycles. The number of pyridine rings is 1. The Hall–Kier alpha value is -1.88. The third-order valence-corrected chi connectivity index (χ3v) is 3.37. The molecule has 5 heteroatoms. The Morgan fingerprint density at radius 1 is 1.50 bits per heavy atom. The van der Waals surface area contributed by atoms with Crippen LogP contribution in [0.1, 0.15) is 28.9 Å². The Bertz CT molecular complexity index is 585. The van der Waals surface area contributed by atoms with Crippen molar-refractivity contribution in [3.8, 4) is 0 Å². The molecule has 0 bridgehead atoms. The molecule has 0 radical (unpaired) electrons. The number of carbonyl (C=O) groups is 1. The summed E-state index contributed by atoms with van der Waals surface area (Å²) in [6.45, 7) is 1.08. The SMILES string of the molecule is O=C(O)c1ccc2nc(CC3CCCN3)cn2c1. The van der Waals surface area contributed by atoms with E-state index in [1.54, 1.807) is 22.7 Å².